The van der Waals surface area contributed by atoms with Gasteiger partial charge in [0.25, 0.3) is 5.56 Å². The van der Waals surface area contributed by atoms with E-state index in [9.17, 15) is 4.79 Å². The average Bonchev–Trinajstić information content (AvgIpc) is 2.53. The predicted molar refractivity (Wildman–Crippen MR) is 80.8 cm³/mol. The maximum absolute atomic E-state index is 11.8. The zero-order valence-corrected chi connectivity index (χ0v) is 12.0. The summed E-state index contributed by atoms with van der Waals surface area (Å²) >= 11 is 0. The molecule has 1 heterocycles. The zero-order chi connectivity index (χ0) is 15.1. The van der Waals surface area contributed by atoms with E-state index in [2.05, 4.69) is 6.92 Å². The van der Waals surface area contributed by atoms with Crippen LogP contribution in [0.15, 0.2) is 53.5 Å². The summed E-state index contributed by atoms with van der Waals surface area (Å²) in [5.41, 5.74) is 1.35. The minimum absolute atomic E-state index is 0.0419. The van der Waals surface area contributed by atoms with Crippen LogP contribution in [0.3, 0.4) is 0 Å². The first-order chi connectivity index (χ1) is 10.2. The van der Waals surface area contributed by atoms with E-state index in [-0.39, 0.29) is 11.7 Å². The summed E-state index contributed by atoms with van der Waals surface area (Å²) in [4.78, 5) is 11.8. The molecule has 108 valence electrons. The smallest absolute Gasteiger partial charge is 0.251 e. The van der Waals surface area contributed by atoms with Gasteiger partial charge < -0.3 is 9.30 Å². The van der Waals surface area contributed by atoms with Crippen LogP contribution in [0.1, 0.15) is 30.6 Å². The van der Waals surface area contributed by atoms with Crippen molar-refractivity contribution in [2.24, 2.45) is 0 Å². The van der Waals surface area contributed by atoms with Crippen LogP contribution in [-0.4, -0.2) is 11.2 Å². The molecule has 21 heavy (non-hydrogen) atoms. The molecule has 0 N–H and O–H groups in total. The summed E-state index contributed by atoms with van der Waals surface area (Å²) in [5.74, 6) is 0. The third kappa shape index (κ3) is 4.04. The van der Waals surface area contributed by atoms with Crippen LogP contribution in [0.2, 0.25) is 0 Å². The third-order valence-electron chi connectivity index (χ3n) is 3.32. The summed E-state index contributed by atoms with van der Waals surface area (Å²) in [6.07, 6.45) is 2.56. The molecule has 0 aliphatic heterocycles. The Morgan fingerprint density at radius 3 is 2.67 bits per heavy atom. The number of nitrogens with zero attached hydrogens (tertiary/aromatic N) is 2. The van der Waals surface area contributed by atoms with Gasteiger partial charge in [-0.2, -0.15) is 5.26 Å². The van der Waals surface area contributed by atoms with Crippen LogP contribution in [0, 0.1) is 11.3 Å². The van der Waals surface area contributed by atoms with E-state index in [1.165, 1.54) is 6.07 Å². The second kappa shape index (κ2) is 7.41. The van der Waals surface area contributed by atoms with Gasteiger partial charge in [0.05, 0.1) is 24.3 Å². The van der Waals surface area contributed by atoms with E-state index in [0.717, 1.165) is 12.0 Å². The molecule has 1 aromatic heterocycles. The van der Waals surface area contributed by atoms with Crippen molar-refractivity contribution in [3.63, 3.8) is 0 Å². The summed E-state index contributed by atoms with van der Waals surface area (Å²) < 4.78 is 7.42. The molecule has 0 spiro atoms. The monoisotopic (exact) mass is 282 g/mol. The molecule has 1 aromatic carbocycles. The molecule has 2 aromatic rings. The molecule has 0 saturated heterocycles. The van der Waals surface area contributed by atoms with Crippen LogP contribution >= 0.6 is 0 Å². The summed E-state index contributed by atoms with van der Waals surface area (Å²) in [7, 11) is 0. The van der Waals surface area contributed by atoms with Crippen molar-refractivity contribution in [1.82, 2.24) is 4.57 Å². The van der Waals surface area contributed by atoms with Crippen LogP contribution in [0.5, 0.6) is 0 Å². The van der Waals surface area contributed by atoms with Crippen molar-refractivity contribution in [2.45, 2.75) is 26.0 Å². The van der Waals surface area contributed by atoms with E-state index >= 15 is 0 Å². The quantitative estimate of drug-likeness (QED) is 0.818. The Bertz CT molecular complexity index is 671. The van der Waals surface area contributed by atoms with Gasteiger partial charge in [0.1, 0.15) is 0 Å². The molecule has 0 bridgehead atoms. The van der Waals surface area contributed by atoms with E-state index in [1.54, 1.807) is 16.8 Å². The molecule has 0 fully saturated rings. The maximum Gasteiger partial charge on any atom is 0.251 e. The van der Waals surface area contributed by atoms with Gasteiger partial charge in [0, 0.05) is 18.8 Å². The molecule has 1 atom stereocenters. The van der Waals surface area contributed by atoms with E-state index in [1.807, 2.05) is 36.4 Å². The Labute approximate surface area is 124 Å². The second-order valence-electron chi connectivity index (χ2n) is 4.74. The lowest BCUT2D eigenvalue weighted by Crippen LogP contribution is -2.21. The fourth-order valence-corrected chi connectivity index (χ4v) is 2.17. The molecule has 4 nitrogen and oxygen atoms in total. The topological polar surface area (TPSA) is 55.0 Å². The van der Waals surface area contributed by atoms with Crippen molar-refractivity contribution in [3.05, 3.63) is 70.1 Å². The van der Waals surface area contributed by atoms with Crippen LogP contribution in [-0.2, 0) is 11.3 Å². The van der Waals surface area contributed by atoms with Crippen LogP contribution in [0.25, 0.3) is 0 Å². The molecular weight excluding hydrogens is 264 g/mol. The Morgan fingerprint density at radius 2 is 2.05 bits per heavy atom. The Kier molecular flexibility index (Phi) is 5.30. The van der Waals surface area contributed by atoms with E-state index in [0.29, 0.717) is 18.7 Å². The molecule has 0 amide bonds. The first-order valence-electron chi connectivity index (χ1n) is 7.01. The highest BCUT2D eigenvalue weighted by Crippen LogP contribution is 2.20. The Balaban J connectivity index is 1.95. The number of hydrogen-bond acceptors (Lipinski definition) is 3. The van der Waals surface area contributed by atoms with Crippen LogP contribution in [0.4, 0.5) is 0 Å². The summed E-state index contributed by atoms with van der Waals surface area (Å²) in [6, 6.07) is 15.0. The standard InChI is InChI=1S/C17H18N2O2/c1-2-16(15-6-4-3-5-7-15)21-11-10-19-9-8-14(13-18)12-17(19)20/h3-9,12,16H,2,10-11H2,1H3. The van der Waals surface area contributed by atoms with Crippen molar-refractivity contribution in [1.29, 1.82) is 5.26 Å². The summed E-state index contributed by atoms with van der Waals surface area (Å²) in [5, 5.41) is 8.74. The first kappa shape index (κ1) is 15.0. The Morgan fingerprint density at radius 1 is 1.29 bits per heavy atom. The van der Waals surface area contributed by atoms with Crippen molar-refractivity contribution in [3.8, 4) is 6.07 Å². The molecule has 0 radical (unpaired) electrons. The van der Waals surface area contributed by atoms with Crippen molar-refractivity contribution in [2.75, 3.05) is 6.61 Å². The Hall–Kier alpha value is -2.38. The van der Waals surface area contributed by atoms with Gasteiger partial charge in [-0.15, -0.1) is 0 Å². The van der Waals surface area contributed by atoms with Gasteiger partial charge >= 0.3 is 0 Å². The highest BCUT2D eigenvalue weighted by Gasteiger charge is 2.09. The van der Waals surface area contributed by atoms with Crippen molar-refractivity contribution >= 4 is 0 Å². The molecule has 0 aliphatic rings. The predicted octanol–water partition coefficient (Wildman–Crippen LogP) is 2.89. The maximum atomic E-state index is 11.8. The van der Waals surface area contributed by atoms with Gasteiger partial charge in [0.2, 0.25) is 0 Å². The number of aromatic nitrogens is 1. The fraction of sp³-hybridized carbons (Fsp3) is 0.294. The molecule has 4 heteroatoms. The number of ether oxygens (including phenoxy) is 1. The number of benzene rings is 1. The lowest BCUT2D eigenvalue weighted by atomic mass is 10.1. The molecule has 0 aliphatic carbocycles. The number of nitriles is 1. The fourth-order valence-electron chi connectivity index (χ4n) is 2.17. The normalized spacial score (nSPS) is 11.8. The minimum atomic E-state index is -0.176. The number of hydrogen-bond donors (Lipinski definition) is 0. The number of rotatable bonds is 6. The molecule has 1 unspecified atom stereocenters. The lowest BCUT2D eigenvalue weighted by molar-refractivity contribution is 0.0442. The molecule has 2 rings (SSSR count). The van der Waals surface area contributed by atoms with Gasteiger partial charge in [-0.1, -0.05) is 37.3 Å². The molecular formula is C17H18N2O2. The first-order valence-corrected chi connectivity index (χ1v) is 7.01. The van der Waals surface area contributed by atoms with Crippen LogP contribution < -0.4 is 5.56 Å². The van der Waals surface area contributed by atoms with Gasteiger partial charge in [-0.25, -0.2) is 0 Å². The third-order valence-corrected chi connectivity index (χ3v) is 3.32. The largest absolute Gasteiger partial charge is 0.372 e. The average molecular weight is 282 g/mol. The van der Waals surface area contributed by atoms with Gasteiger partial charge in [-0.05, 0) is 18.1 Å². The van der Waals surface area contributed by atoms with Gasteiger partial charge in [-0.3, -0.25) is 4.79 Å². The lowest BCUT2D eigenvalue weighted by Gasteiger charge is -2.17. The highest BCUT2D eigenvalue weighted by atomic mass is 16.5. The van der Waals surface area contributed by atoms with E-state index in [4.69, 9.17) is 10.00 Å². The van der Waals surface area contributed by atoms with Crippen molar-refractivity contribution < 1.29 is 4.74 Å². The molecule has 0 saturated carbocycles. The SMILES string of the molecule is CCC(OCCn1ccc(C#N)cc1=O)c1ccccc1. The second-order valence-corrected chi connectivity index (χ2v) is 4.74. The zero-order valence-electron chi connectivity index (χ0n) is 12.0. The van der Waals surface area contributed by atoms with Gasteiger partial charge in [0.15, 0.2) is 0 Å². The number of pyridine rings is 1. The minimum Gasteiger partial charge on any atom is -0.372 e. The van der Waals surface area contributed by atoms with E-state index < -0.39 is 0 Å². The highest BCUT2D eigenvalue weighted by molar-refractivity contribution is 5.25. The summed E-state index contributed by atoms with van der Waals surface area (Å²) in [6.45, 7) is 3.01.